The van der Waals surface area contributed by atoms with Crippen LogP contribution in [0.15, 0.2) is 47.5 Å². The van der Waals surface area contributed by atoms with Crippen LogP contribution in [0.3, 0.4) is 0 Å². The molecular formula is C14H13N3O2S. The van der Waals surface area contributed by atoms with Gasteiger partial charge in [0.1, 0.15) is 6.07 Å². The van der Waals surface area contributed by atoms with Crippen molar-refractivity contribution in [2.45, 2.75) is 18.0 Å². The molecule has 102 valence electrons. The van der Waals surface area contributed by atoms with Crippen molar-refractivity contribution in [3.8, 4) is 6.07 Å². The fraction of sp³-hybridized carbons (Fsp3) is 0.214. The third-order valence-electron chi connectivity index (χ3n) is 3.48. The van der Waals surface area contributed by atoms with E-state index in [9.17, 15) is 8.42 Å². The molecule has 3 rings (SSSR count). The number of hydrogen-bond donors (Lipinski definition) is 0. The van der Waals surface area contributed by atoms with Crippen LogP contribution in [0.5, 0.6) is 0 Å². The first-order valence-corrected chi connectivity index (χ1v) is 7.70. The highest BCUT2D eigenvalue weighted by atomic mass is 32.2. The monoisotopic (exact) mass is 287 g/mol. The molecule has 2 aromatic rings. The average molecular weight is 287 g/mol. The van der Waals surface area contributed by atoms with E-state index in [0.29, 0.717) is 19.6 Å². The number of hydrogen-bond acceptors (Lipinski definition) is 3. The first-order valence-electron chi connectivity index (χ1n) is 6.26. The van der Waals surface area contributed by atoms with E-state index in [0.717, 1.165) is 5.69 Å². The molecule has 5 nitrogen and oxygen atoms in total. The molecule has 0 spiro atoms. The van der Waals surface area contributed by atoms with Gasteiger partial charge >= 0.3 is 0 Å². The predicted octanol–water partition coefficient (Wildman–Crippen LogP) is 1.56. The minimum absolute atomic E-state index is 0.0857. The summed E-state index contributed by atoms with van der Waals surface area (Å²) in [4.78, 5) is 0.0857. The van der Waals surface area contributed by atoms with Crippen molar-refractivity contribution in [2.75, 3.05) is 6.54 Å². The summed E-state index contributed by atoms with van der Waals surface area (Å²) in [6.07, 6.45) is 1.95. The van der Waals surface area contributed by atoms with Crippen molar-refractivity contribution in [1.82, 2.24) is 8.87 Å². The maximum atomic E-state index is 12.7. The van der Waals surface area contributed by atoms with E-state index in [1.54, 1.807) is 12.1 Å². The zero-order valence-electron chi connectivity index (χ0n) is 10.7. The van der Waals surface area contributed by atoms with Crippen molar-refractivity contribution in [3.05, 3.63) is 53.9 Å². The molecule has 20 heavy (non-hydrogen) atoms. The molecule has 0 saturated carbocycles. The molecule has 0 saturated heterocycles. The van der Waals surface area contributed by atoms with Crippen LogP contribution in [-0.4, -0.2) is 23.8 Å². The van der Waals surface area contributed by atoms with Gasteiger partial charge in [-0.25, -0.2) is 8.42 Å². The highest BCUT2D eigenvalue weighted by molar-refractivity contribution is 7.89. The van der Waals surface area contributed by atoms with Crippen LogP contribution in [0.25, 0.3) is 0 Å². The van der Waals surface area contributed by atoms with Gasteiger partial charge < -0.3 is 4.57 Å². The van der Waals surface area contributed by atoms with Gasteiger partial charge in [0.2, 0.25) is 10.0 Å². The van der Waals surface area contributed by atoms with E-state index < -0.39 is 10.0 Å². The Bertz CT molecular complexity index is 787. The van der Waals surface area contributed by atoms with Gasteiger partial charge in [-0.15, -0.1) is 0 Å². The average Bonchev–Trinajstić information content (AvgIpc) is 2.94. The number of rotatable bonds is 2. The molecule has 0 N–H and O–H groups in total. The first kappa shape index (κ1) is 12.9. The Hall–Kier alpha value is -2.10. The van der Waals surface area contributed by atoms with Crippen LogP contribution >= 0.6 is 0 Å². The van der Waals surface area contributed by atoms with Crippen LogP contribution in [0.2, 0.25) is 0 Å². The molecule has 2 heterocycles. The largest absolute Gasteiger partial charge is 0.349 e. The Morgan fingerprint density at radius 1 is 1.10 bits per heavy atom. The Labute approximate surface area is 117 Å². The van der Waals surface area contributed by atoms with Crippen molar-refractivity contribution >= 4 is 10.0 Å². The van der Waals surface area contributed by atoms with Crippen LogP contribution in [-0.2, 0) is 23.1 Å². The van der Waals surface area contributed by atoms with Crippen molar-refractivity contribution in [1.29, 1.82) is 5.26 Å². The summed E-state index contributed by atoms with van der Waals surface area (Å²) in [5, 5.41) is 9.07. The Kier molecular flexibility index (Phi) is 3.08. The van der Waals surface area contributed by atoms with Crippen LogP contribution < -0.4 is 0 Å². The zero-order chi connectivity index (χ0) is 14.2. The lowest BCUT2D eigenvalue weighted by Crippen LogP contribution is -2.38. The molecule has 6 heteroatoms. The number of nitriles is 1. The molecule has 0 unspecified atom stereocenters. The van der Waals surface area contributed by atoms with Gasteiger partial charge in [-0.3, -0.25) is 0 Å². The third kappa shape index (κ3) is 2.01. The SMILES string of the molecule is N#Cc1ccccc1S(=O)(=O)N1CCn2cccc2C1. The standard InChI is InChI=1S/C14H13N3O2S/c15-10-12-4-1-2-6-14(12)20(18,19)17-9-8-16-7-3-5-13(16)11-17/h1-7H,8-9,11H2. The number of nitrogens with zero attached hydrogens (tertiary/aromatic N) is 3. The van der Waals surface area contributed by atoms with E-state index >= 15 is 0 Å². The molecule has 0 aliphatic carbocycles. The van der Waals surface area contributed by atoms with Crippen molar-refractivity contribution < 1.29 is 8.42 Å². The summed E-state index contributed by atoms with van der Waals surface area (Å²) in [5.74, 6) is 0. The third-order valence-corrected chi connectivity index (χ3v) is 5.38. The number of sulfonamides is 1. The number of benzene rings is 1. The van der Waals surface area contributed by atoms with Gasteiger partial charge in [0.25, 0.3) is 0 Å². The predicted molar refractivity (Wildman–Crippen MR) is 73.2 cm³/mol. The molecule has 0 radical (unpaired) electrons. The molecule has 1 aliphatic rings. The zero-order valence-corrected chi connectivity index (χ0v) is 11.5. The van der Waals surface area contributed by atoms with Gasteiger partial charge in [-0.2, -0.15) is 9.57 Å². The molecular weight excluding hydrogens is 274 g/mol. The lowest BCUT2D eigenvalue weighted by Gasteiger charge is -2.28. The molecule has 0 amide bonds. The highest BCUT2D eigenvalue weighted by Gasteiger charge is 2.29. The molecule has 0 atom stereocenters. The topological polar surface area (TPSA) is 66.1 Å². The van der Waals surface area contributed by atoms with Gasteiger partial charge in [-0.05, 0) is 24.3 Å². The summed E-state index contributed by atoms with van der Waals surface area (Å²) in [7, 11) is -3.63. The van der Waals surface area contributed by atoms with E-state index in [-0.39, 0.29) is 10.5 Å². The maximum absolute atomic E-state index is 12.7. The Morgan fingerprint density at radius 2 is 1.90 bits per heavy atom. The Morgan fingerprint density at radius 3 is 2.70 bits per heavy atom. The van der Waals surface area contributed by atoms with Gasteiger partial charge in [0.05, 0.1) is 17.0 Å². The minimum Gasteiger partial charge on any atom is -0.349 e. The summed E-state index contributed by atoms with van der Waals surface area (Å²) in [6, 6.07) is 12.1. The lowest BCUT2D eigenvalue weighted by molar-refractivity contribution is 0.341. The summed E-state index contributed by atoms with van der Waals surface area (Å²) >= 11 is 0. The second-order valence-electron chi connectivity index (χ2n) is 4.64. The van der Waals surface area contributed by atoms with E-state index in [4.69, 9.17) is 5.26 Å². The van der Waals surface area contributed by atoms with E-state index in [2.05, 4.69) is 0 Å². The number of fused-ring (bicyclic) bond motifs is 1. The van der Waals surface area contributed by atoms with E-state index in [1.165, 1.54) is 16.4 Å². The van der Waals surface area contributed by atoms with Crippen LogP contribution in [0.1, 0.15) is 11.3 Å². The minimum atomic E-state index is -3.63. The van der Waals surface area contributed by atoms with Gasteiger partial charge in [-0.1, -0.05) is 12.1 Å². The second-order valence-corrected chi connectivity index (χ2v) is 6.55. The summed E-state index contributed by atoms with van der Waals surface area (Å²) in [5.41, 5.74) is 1.16. The maximum Gasteiger partial charge on any atom is 0.244 e. The molecule has 0 bridgehead atoms. The summed E-state index contributed by atoms with van der Waals surface area (Å²) < 4.78 is 28.8. The quantitative estimate of drug-likeness (QED) is 0.842. The normalized spacial score (nSPS) is 15.6. The van der Waals surface area contributed by atoms with Crippen LogP contribution in [0.4, 0.5) is 0 Å². The first-order chi connectivity index (χ1) is 9.63. The summed E-state index contributed by atoms with van der Waals surface area (Å²) in [6.45, 7) is 1.40. The molecule has 1 aromatic carbocycles. The highest BCUT2D eigenvalue weighted by Crippen LogP contribution is 2.24. The van der Waals surface area contributed by atoms with Crippen LogP contribution in [0, 0.1) is 11.3 Å². The fourth-order valence-electron chi connectivity index (χ4n) is 2.42. The Balaban J connectivity index is 2.00. The van der Waals surface area contributed by atoms with Gasteiger partial charge in [0.15, 0.2) is 0 Å². The van der Waals surface area contributed by atoms with Crippen molar-refractivity contribution in [3.63, 3.8) is 0 Å². The smallest absolute Gasteiger partial charge is 0.244 e. The molecule has 1 aliphatic heterocycles. The lowest BCUT2D eigenvalue weighted by atomic mass is 10.2. The molecule has 0 fully saturated rings. The number of aromatic nitrogens is 1. The molecule has 1 aromatic heterocycles. The fourth-order valence-corrected chi connectivity index (χ4v) is 3.96. The second kappa shape index (κ2) is 4.78. The van der Waals surface area contributed by atoms with Gasteiger partial charge in [0, 0.05) is 25.0 Å². The van der Waals surface area contributed by atoms with E-state index in [1.807, 2.05) is 29.0 Å². The van der Waals surface area contributed by atoms with Crippen molar-refractivity contribution in [2.24, 2.45) is 0 Å².